The van der Waals surface area contributed by atoms with Gasteiger partial charge in [0.2, 0.25) is 0 Å². The molecule has 1 atom stereocenters. The smallest absolute Gasteiger partial charge is 0.349 e. The number of anilines is 1. The molecule has 1 aromatic rings. The van der Waals surface area contributed by atoms with Crippen LogP contribution in [0.15, 0.2) is 21.7 Å². The van der Waals surface area contributed by atoms with Crippen LogP contribution >= 0.6 is 0 Å². The van der Waals surface area contributed by atoms with Gasteiger partial charge in [-0.3, -0.25) is 14.6 Å². The van der Waals surface area contributed by atoms with E-state index in [9.17, 15) is 19.2 Å². The van der Waals surface area contributed by atoms with Gasteiger partial charge in [0.1, 0.15) is 11.1 Å². The lowest BCUT2D eigenvalue weighted by molar-refractivity contribution is -0.159. The third-order valence-corrected chi connectivity index (χ3v) is 6.80. The van der Waals surface area contributed by atoms with Crippen LogP contribution in [-0.2, 0) is 20.9 Å². The highest BCUT2D eigenvalue weighted by Gasteiger charge is 2.44. The summed E-state index contributed by atoms with van der Waals surface area (Å²) in [5, 5.41) is 15.6. The fourth-order valence-corrected chi connectivity index (χ4v) is 4.86. The van der Waals surface area contributed by atoms with Gasteiger partial charge >= 0.3 is 17.6 Å². The SMILES string of the molecule is Cc1cc2nc3c(=O)[nH]c(=O)nc-3n(CCCCCCC(=O)O)c2cc1N[C@]1(C(=O)OC(C)(C)C)CCNC1. The van der Waals surface area contributed by atoms with E-state index in [4.69, 9.17) is 9.84 Å². The first-order valence-corrected chi connectivity index (χ1v) is 13.3. The number of benzene rings is 1. The molecule has 210 valence electrons. The topological polar surface area (TPSA) is 168 Å². The Morgan fingerprint density at radius 2 is 1.90 bits per heavy atom. The van der Waals surface area contributed by atoms with E-state index in [2.05, 4.69) is 25.6 Å². The molecule has 0 bridgehead atoms. The summed E-state index contributed by atoms with van der Waals surface area (Å²) in [5.41, 5.74) is -0.145. The van der Waals surface area contributed by atoms with Gasteiger partial charge in [0.25, 0.3) is 5.56 Å². The fourth-order valence-electron chi connectivity index (χ4n) is 4.86. The molecule has 3 aliphatic heterocycles. The second kappa shape index (κ2) is 11.1. The number of hydrogen-bond donors (Lipinski definition) is 4. The van der Waals surface area contributed by atoms with Crippen molar-refractivity contribution in [1.29, 1.82) is 0 Å². The predicted molar refractivity (Wildman–Crippen MR) is 146 cm³/mol. The van der Waals surface area contributed by atoms with Crippen LogP contribution in [0.5, 0.6) is 0 Å². The zero-order valence-corrected chi connectivity index (χ0v) is 22.8. The Bertz CT molecular complexity index is 1460. The normalized spacial score (nSPS) is 17.5. The largest absolute Gasteiger partial charge is 0.481 e. The number of aryl methyl sites for hydroxylation is 2. The van der Waals surface area contributed by atoms with Gasteiger partial charge in [0, 0.05) is 25.2 Å². The maximum absolute atomic E-state index is 13.3. The Morgan fingerprint density at radius 1 is 1.15 bits per heavy atom. The number of carbonyl (C=O) groups is 2. The Balaban J connectivity index is 1.75. The minimum Gasteiger partial charge on any atom is -0.481 e. The summed E-state index contributed by atoms with van der Waals surface area (Å²) in [6, 6.07) is 3.72. The van der Waals surface area contributed by atoms with E-state index in [-0.39, 0.29) is 23.9 Å². The monoisotopic (exact) mass is 540 g/mol. The number of esters is 1. The molecule has 4 N–H and O–H groups in total. The van der Waals surface area contributed by atoms with E-state index >= 15 is 0 Å². The molecular weight excluding hydrogens is 504 g/mol. The number of unbranched alkanes of at least 4 members (excludes halogenated alkanes) is 3. The van der Waals surface area contributed by atoms with Crippen LogP contribution in [0, 0.1) is 6.92 Å². The summed E-state index contributed by atoms with van der Waals surface area (Å²) in [6.45, 7) is 8.91. The number of nitrogens with one attached hydrogen (secondary N) is 3. The number of aliphatic carboxylic acids is 1. The van der Waals surface area contributed by atoms with E-state index in [0.29, 0.717) is 55.6 Å². The summed E-state index contributed by atoms with van der Waals surface area (Å²) in [4.78, 5) is 59.6. The summed E-state index contributed by atoms with van der Waals surface area (Å²) in [6.07, 6.45) is 3.43. The molecule has 3 heterocycles. The van der Waals surface area contributed by atoms with Gasteiger partial charge in [0.05, 0.1) is 11.0 Å². The molecule has 0 saturated carbocycles. The van der Waals surface area contributed by atoms with Crippen molar-refractivity contribution in [2.24, 2.45) is 0 Å². The molecule has 1 fully saturated rings. The first kappa shape index (κ1) is 28.2. The molecule has 0 radical (unpaired) electrons. The van der Waals surface area contributed by atoms with E-state index in [1.165, 1.54) is 0 Å². The number of carboxylic acid groups (broad SMARTS) is 1. The minimum atomic E-state index is -0.956. The van der Waals surface area contributed by atoms with Crippen molar-refractivity contribution in [2.75, 3.05) is 18.4 Å². The van der Waals surface area contributed by atoms with Gasteiger partial charge in [-0.2, -0.15) is 4.98 Å². The fraction of sp³-hybridized carbons (Fsp3) is 0.556. The van der Waals surface area contributed by atoms with E-state index < -0.39 is 28.4 Å². The van der Waals surface area contributed by atoms with E-state index in [0.717, 1.165) is 18.4 Å². The molecule has 1 aromatic carbocycles. The Morgan fingerprint density at radius 3 is 2.56 bits per heavy atom. The number of H-pyrrole nitrogens is 1. The minimum absolute atomic E-state index is 0.0679. The van der Waals surface area contributed by atoms with E-state index in [1.807, 2.05) is 44.4 Å². The Kier molecular flexibility index (Phi) is 8.05. The number of ether oxygens (including phenoxy) is 1. The third kappa shape index (κ3) is 6.44. The quantitative estimate of drug-likeness (QED) is 0.170. The van der Waals surface area contributed by atoms with Crippen molar-refractivity contribution >= 4 is 28.7 Å². The van der Waals surface area contributed by atoms with Gasteiger partial charge < -0.3 is 25.0 Å². The van der Waals surface area contributed by atoms with Crippen LogP contribution in [0.25, 0.3) is 22.6 Å². The standard InChI is InChI=1S/C27H36N6O6/c1-16-13-18-19(14-17(16)32-27(10-11-28-15-27)24(37)39-26(2,3)4)33(12-8-6-5-7-9-20(34)35)22-21(29-18)23(36)31-25(38)30-22/h13-14,28,32H,5-12,15H2,1-4H3,(H,34,35)(H,31,36,38)/t27-/m1/s1. The average molecular weight is 541 g/mol. The number of aromatic amines is 1. The molecule has 12 heteroatoms. The Labute approximate surface area is 225 Å². The van der Waals surface area contributed by atoms with Crippen molar-refractivity contribution in [3.63, 3.8) is 0 Å². The number of nitrogens with zero attached hydrogens (tertiary/aromatic N) is 3. The van der Waals surface area contributed by atoms with Crippen LogP contribution in [-0.4, -0.2) is 60.8 Å². The maximum Gasteiger partial charge on any atom is 0.349 e. The summed E-state index contributed by atoms with van der Waals surface area (Å²) < 4.78 is 7.56. The molecule has 4 rings (SSSR count). The maximum atomic E-state index is 13.3. The van der Waals surface area contributed by atoms with Crippen LogP contribution in [0.4, 0.5) is 5.69 Å². The predicted octanol–water partition coefficient (Wildman–Crippen LogP) is 2.41. The second-order valence-corrected chi connectivity index (χ2v) is 11.2. The number of rotatable bonds is 10. The molecule has 39 heavy (non-hydrogen) atoms. The number of carbonyl (C=O) groups excluding carboxylic acids is 1. The highest BCUT2D eigenvalue weighted by molar-refractivity contribution is 5.89. The van der Waals surface area contributed by atoms with Gasteiger partial charge in [-0.1, -0.05) is 12.8 Å². The van der Waals surface area contributed by atoms with Gasteiger partial charge in [0.15, 0.2) is 11.5 Å². The third-order valence-electron chi connectivity index (χ3n) is 6.80. The van der Waals surface area contributed by atoms with Crippen LogP contribution in [0.1, 0.15) is 64.9 Å². The van der Waals surface area contributed by atoms with Crippen molar-refractivity contribution < 1.29 is 19.4 Å². The lowest BCUT2D eigenvalue weighted by atomic mass is 9.96. The molecular formula is C27H36N6O6. The average Bonchev–Trinajstić information content (AvgIpc) is 3.31. The summed E-state index contributed by atoms with van der Waals surface area (Å²) >= 11 is 0. The number of carboxylic acids is 1. The van der Waals surface area contributed by atoms with Crippen molar-refractivity contribution in [1.82, 2.24) is 24.8 Å². The van der Waals surface area contributed by atoms with Gasteiger partial charge in [-0.05, 0) is 71.2 Å². The lowest BCUT2D eigenvalue weighted by Crippen LogP contribution is -2.51. The lowest BCUT2D eigenvalue weighted by Gasteiger charge is -2.33. The zero-order valence-electron chi connectivity index (χ0n) is 22.8. The molecule has 0 spiro atoms. The molecule has 12 nitrogen and oxygen atoms in total. The van der Waals surface area contributed by atoms with E-state index in [1.54, 1.807) is 0 Å². The summed E-state index contributed by atoms with van der Waals surface area (Å²) in [7, 11) is 0. The molecule has 0 aliphatic carbocycles. The van der Waals surface area contributed by atoms with Crippen LogP contribution < -0.4 is 21.9 Å². The number of hydrogen-bond acceptors (Lipinski definition) is 9. The number of aromatic nitrogens is 4. The highest BCUT2D eigenvalue weighted by Crippen LogP contribution is 2.31. The van der Waals surface area contributed by atoms with Crippen molar-refractivity contribution in [2.45, 2.75) is 83.9 Å². The van der Waals surface area contributed by atoms with Crippen molar-refractivity contribution in [3.8, 4) is 11.5 Å². The highest BCUT2D eigenvalue weighted by atomic mass is 16.6. The molecule has 0 aromatic heterocycles. The first-order chi connectivity index (χ1) is 18.4. The van der Waals surface area contributed by atoms with Crippen molar-refractivity contribution in [3.05, 3.63) is 38.5 Å². The molecule has 1 saturated heterocycles. The second-order valence-electron chi connectivity index (χ2n) is 11.2. The van der Waals surface area contributed by atoms with Crippen LogP contribution in [0.3, 0.4) is 0 Å². The first-order valence-electron chi connectivity index (χ1n) is 13.3. The van der Waals surface area contributed by atoms with Gasteiger partial charge in [-0.25, -0.2) is 14.6 Å². The van der Waals surface area contributed by atoms with Crippen LogP contribution in [0.2, 0.25) is 0 Å². The summed E-state index contributed by atoms with van der Waals surface area (Å²) in [5.74, 6) is -0.977. The van der Waals surface area contributed by atoms with Gasteiger partial charge in [-0.15, -0.1) is 0 Å². The number of fused-ring (bicyclic) bond motifs is 2. The molecule has 0 amide bonds. The molecule has 3 aliphatic rings. The Hall–Kier alpha value is -3.80. The molecule has 0 unspecified atom stereocenters. The zero-order chi connectivity index (χ0) is 28.4.